The van der Waals surface area contributed by atoms with Crippen LogP contribution in [-0.4, -0.2) is 71.1 Å². The lowest BCUT2D eigenvalue weighted by molar-refractivity contribution is -0.0501. The molecule has 3 aromatic rings. The van der Waals surface area contributed by atoms with E-state index < -0.39 is 36.7 Å². The number of aromatic amines is 1. The molecule has 31 heavy (non-hydrogen) atoms. The molecule has 0 spiro atoms. The molecule has 0 saturated carbocycles. The minimum atomic E-state index is -1.47. The second-order valence-corrected chi connectivity index (χ2v) is 7.17. The molecule has 14 heteroatoms. The van der Waals surface area contributed by atoms with Gasteiger partial charge in [-0.1, -0.05) is 11.6 Å². The summed E-state index contributed by atoms with van der Waals surface area (Å²) in [6.07, 6.45) is -3.95. The number of benzene rings is 1. The number of nitrogen functional groups attached to an aromatic ring is 1. The van der Waals surface area contributed by atoms with Crippen LogP contribution in [0.25, 0.3) is 11.2 Å². The summed E-state index contributed by atoms with van der Waals surface area (Å²) in [5, 5.41) is 44.2. The van der Waals surface area contributed by atoms with E-state index >= 15 is 0 Å². The molecule has 13 nitrogen and oxygen atoms in total. The number of hydrazone groups is 1. The van der Waals surface area contributed by atoms with Gasteiger partial charge in [0, 0.05) is 10.6 Å². The summed E-state index contributed by atoms with van der Waals surface area (Å²) >= 11 is 5.91. The number of rotatable bonds is 5. The van der Waals surface area contributed by atoms with Crippen LogP contribution >= 0.6 is 11.6 Å². The molecule has 4 unspecified atom stereocenters. The first-order valence-electron chi connectivity index (χ1n) is 8.98. The molecule has 1 aliphatic heterocycles. The second-order valence-electron chi connectivity index (χ2n) is 6.73. The van der Waals surface area contributed by atoms with Crippen molar-refractivity contribution in [3.8, 4) is 5.75 Å². The number of aromatic nitrogens is 4. The van der Waals surface area contributed by atoms with Gasteiger partial charge >= 0.3 is 0 Å². The number of imidazole rings is 1. The van der Waals surface area contributed by atoms with E-state index in [4.69, 9.17) is 22.1 Å². The Hall–Kier alpha value is -3.23. The van der Waals surface area contributed by atoms with Gasteiger partial charge in [-0.2, -0.15) is 10.1 Å². The number of nitrogens with zero attached hydrogens (tertiary/aromatic N) is 4. The third-order valence-corrected chi connectivity index (χ3v) is 4.93. The summed E-state index contributed by atoms with van der Waals surface area (Å²) in [5.74, 6) is -0.353. The maximum Gasteiger partial charge on any atom is 0.280 e. The van der Waals surface area contributed by atoms with E-state index in [2.05, 4.69) is 25.5 Å². The highest BCUT2D eigenvalue weighted by Gasteiger charge is 2.45. The van der Waals surface area contributed by atoms with E-state index in [0.29, 0.717) is 10.6 Å². The van der Waals surface area contributed by atoms with Crippen molar-refractivity contribution in [1.29, 1.82) is 0 Å². The van der Waals surface area contributed by atoms with Crippen LogP contribution in [0, 0.1) is 0 Å². The van der Waals surface area contributed by atoms with Gasteiger partial charge in [0.25, 0.3) is 5.56 Å². The minimum Gasteiger partial charge on any atom is -0.507 e. The minimum absolute atomic E-state index is 0.0422. The number of hydrogen-bond donors (Lipinski definition) is 7. The molecule has 3 heterocycles. The van der Waals surface area contributed by atoms with Gasteiger partial charge in [-0.15, -0.1) is 0 Å². The zero-order valence-electron chi connectivity index (χ0n) is 15.7. The van der Waals surface area contributed by atoms with Crippen molar-refractivity contribution in [1.82, 2.24) is 19.5 Å². The molecule has 1 saturated heterocycles. The molecule has 1 aromatic carbocycles. The van der Waals surface area contributed by atoms with Crippen molar-refractivity contribution in [2.45, 2.75) is 24.5 Å². The van der Waals surface area contributed by atoms with Crippen molar-refractivity contribution in [2.24, 2.45) is 5.10 Å². The molecule has 0 bridgehead atoms. The van der Waals surface area contributed by atoms with Crippen LogP contribution < -0.4 is 16.7 Å². The van der Waals surface area contributed by atoms with Gasteiger partial charge in [-0.05, 0) is 18.2 Å². The molecular weight excluding hydrogens is 434 g/mol. The van der Waals surface area contributed by atoms with Gasteiger partial charge in [0.05, 0.1) is 12.8 Å². The Labute approximate surface area is 178 Å². The zero-order chi connectivity index (χ0) is 22.3. The number of hydrogen-bond acceptors (Lipinski definition) is 11. The van der Waals surface area contributed by atoms with Gasteiger partial charge in [0.2, 0.25) is 11.9 Å². The summed E-state index contributed by atoms with van der Waals surface area (Å²) < 4.78 is 6.73. The third-order valence-electron chi connectivity index (χ3n) is 4.70. The summed E-state index contributed by atoms with van der Waals surface area (Å²) in [6.45, 7) is -0.549. The molecule has 0 aliphatic carbocycles. The quantitative estimate of drug-likeness (QED) is 0.188. The van der Waals surface area contributed by atoms with Crippen LogP contribution in [0.2, 0.25) is 5.02 Å². The standard InChI is InChI=1S/C17H18ClN7O6/c18-7-1-2-8(27)6(3-7)4-20-24-17-21-10-13(22-16(19)23-14(10)30)25(17)15-12(29)11(28)9(5-26)31-15/h1-4,9,11-12,15,26-29H,5H2,(H,21,24)(H3,19,22,23,30). The lowest BCUT2D eigenvalue weighted by atomic mass is 10.1. The van der Waals surface area contributed by atoms with E-state index in [1.807, 2.05) is 0 Å². The van der Waals surface area contributed by atoms with E-state index in [0.717, 1.165) is 0 Å². The number of nitrogens with two attached hydrogens (primary N) is 1. The highest BCUT2D eigenvalue weighted by Crippen LogP contribution is 2.34. The van der Waals surface area contributed by atoms with Crippen LogP contribution in [0.5, 0.6) is 5.75 Å². The number of anilines is 2. The van der Waals surface area contributed by atoms with Crippen LogP contribution in [-0.2, 0) is 4.74 Å². The predicted octanol–water partition coefficient (Wildman–Crippen LogP) is -0.882. The van der Waals surface area contributed by atoms with Gasteiger partial charge in [-0.3, -0.25) is 14.3 Å². The number of aromatic hydroxyl groups is 1. The Morgan fingerprint density at radius 2 is 2.13 bits per heavy atom. The van der Waals surface area contributed by atoms with Crippen molar-refractivity contribution >= 4 is 40.9 Å². The molecule has 8 N–H and O–H groups in total. The summed E-state index contributed by atoms with van der Waals surface area (Å²) in [7, 11) is 0. The second kappa shape index (κ2) is 8.13. The van der Waals surface area contributed by atoms with E-state index in [1.54, 1.807) is 0 Å². The fourth-order valence-electron chi connectivity index (χ4n) is 3.20. The Kier molecular flexibility index (Phi) is 5.51. The molecule has 4 rings (SSSR count). The van der Waals surface area contributed by atoms with Crippen LogP contribution in [0.3, 0.4) is 0 Å². The molecule has 1 fully saturated rings. The Morgan fingerprint density at radius 3 is 2.84 bits per heavy atom. The Balaban J connectivity index is 1.77. The highest BCUT2D eigenvalue weighted by molar-refractivity contribution is 6.30. The first-order valence-corrected chi connectivity index (χ1v) is 9.35. The van der Waals surface area contributed by atoms with E-state index in [9.17, 15) is 25.2 Å². The Bertz CT molecular complexity index is 1210. The smallest absolute Gasteiger partial charge is 0.280 e. The monoisotopic (exact) mass is 451 g/mol. The number of aliphatic hydroxyl groups is 3. The topological polar surface area (TPSA) is 204 Å². The molecule has 2 aromatic heterocycles. The Morgan fingerprint density at radius 1 is 1.35 bits per heavy atom. The van der Waals surface area contributed by atoms with Gasteiger partial charge in [-0.25, -0.2) is 10.4 Å². The summed E-state index contributed by atoms with van der Waals surface area (Å²) in [6, 6.07) is 4.37. The van der Waals surface area contributed by atoms with Crippen LogP contribution in [0.1, 0.15) is 11.8 Å². The molecule has 1 aliphatic rings. The zero-order valence-corrected chi connectivity index (χ0v) is 16.4. The summed E-state index contributed by atoms with van der Waals surface area (Å²) in [4.78, 5) is 22.7. The van der Waals surface area contributed by atoms with Crippen molar-refractivity contribution in [3.63, 3.8) is 0 Å². The maximum absolute atomic E-state index is 12.3. The fraction of sp³-hybridized carbons (Fsp3) is 0.294. The molecule has 4 atom stereocenters. The van der Waals surface area contributed by atoms with E-state index in [-0.39, 0.29) is 28.8 Å². The van der Waals surface area contributed by atoms with Crippen molar-refractivity contribution in [2.75, 3.05) is 17.8 Å². The number of fused-ring (bicyclic) bond motifs is 1. The molecule has 0 amide bonds. The van der Waals surface area contributed by atoms with Crippen LogP contribution in [0.4, 0.5) is 11.9 Å². The number of aliphatic hydroxyl groups excluding tert-OH is 3. The highest BCUT2D eigenvalue weighted by atomic mass is 35.5. The first kappa shape index (κ1) is 21.0. The number of phenols is 1. The SMILES string of the molecule is Nc1nc2c(nc(NN=Cc3cc(Cl)ccc3O)n2C2OC(CO)C(O)C2O)c(=O)[nH]1. The average molecular weight is 452 g/mol. The lowest BCUT2D eigenvalue weighted by Crippen LogP contribution is -2.33. The number of phenolic OH excluding ortho intramolecular Hbond substituents is 1. The lowest BCUT2D eigenvalue weighted by Gasteiger charge is -2.18. The first-order chi connectivity index (χ1) is 14.8. The van der Waals surface area contributed by atoms with Gasteiger partial charge in [0.1, 0.15) is 24.1 Å². The fourth-order valence-corrected chi connectivity index (χ4v) is 3.38. The van der Waals surface area contributed by atoms with Crippen LogP contribution in [0.15, 0.2) is 28.1 Å². The normalized spacial score (nSPS) is 23.7. The molecule has 164 valence electrons. The number of nitrogens with one attached hydrogen (secondary N) is 2. The third kappa shape index (κ3) is 3.80. The van der Waals surface area contributed by atoms with Gasteiger partial charge < -0.3 is 30.9 Å². The summed E-state index contributed by atoms with van der Waals surface area (Å²) in [5.41, 5.74) is 7.71. The molecule has 0 radical (unpaired) electrons. The molecular formula is C17H18ClN7O6. The van der Waals surface area contributed by atoms with E-state index in [1.165, 1.54) is 29.0 Å². The number of H-pyrrole nitrogens is 1. The predicted molar refractivity (Wildman–Crippen MR) is 110 cm³/mol. The number of ether oxygens (including phenoxy) is 1. The maximum atomic E-state index is 12.3. The van der Waals surface area contributed by atoms with Crippen molar-refractivity contribution in [3.05, 3.63) is 39.1 Å². The number of halogens is 1. The largest absolute Gasteiger partial charge is 0.507 e. The van der Waals surface area contributed by atoms with Gasteiger partial charge in [0.15, 0.2) is 17.4 Å². The van der Waals surface area contributed by atoms with Crippen molar-refractivity contribution < 1.29 is 25.2 Å². The average Bonchev–Trinajstić information content (AvgIpc) is 3.22.